The zero-order valence-corrected chi connectivity index (χ0v) is 94.3. The van der Waals surface area contributed by atoms with Gasteiger partial charge in [-0.15, -0.1) is 83.7 Å². The van der Waals surface area contributed by atoms with Crippen LogP contribution in [0, 0.1) is 17.3 Å². The first-order valence-corrected chi connectivity index (χ1v) is 58.1. The molecule has 0 aliphatic carbocycles. The summed E-state index contributed by atoms with van der Waals surface area (Å²) in [6.45, 7) is 23.7. The van der Waals surface area contributed by atoms with Gasteiger partial charge < -0.3 is 28.4 Å². The molecule has 12 nitrogen and oxygen atoms in total. The van der Waals surface area contributed by atoms with Crippen molar-refractivity contribution in [3.8, 4) is 0 Å². The number of hydrogen-bond acceptors (Lipinski definition) is 24. The number of thiocarbonyl (C=S) groups is 6. The van der Waals surface area contributed by atoms with Gasteiger partial charge in [0.1, 0.15) is 33.0 Å². The predicted molar refractivity (Wildman–Crippen MR) is 646 cm³/mol. The predicted octanol–water partition coefficient (Wildman–Crippen LogP) is 33.0. The SMILES string of the molecule is C=CCCc1ccc(C(CCCC(=O)OCC(CC)(COC(=O)CCCC(C)CC(SC(=S)c2ccccc2)c2ccccc2)COC(=O)CCCC(C)CC(SC(=S)c2ccccc2)c2ccccc2)CC(SC(=S)c2ccccc2)c2ccccc2)cc1.C=CCCc1ccc(C=C)cc1.C=Cc1ccccc1.CCCCOC(=O)CCSC(=S)COC(=O)CCSC(=S)COC(=O)CCSC(=S)c1ccccc1. The molecule has 0 radical (unpaired) electrons. The number of unbranched alkanes of at least 4 members (excludes halogenated alkanes) is 1. The maximum atomic E-state index is 14.0. The molecule has 10 rings (SSSR count). The van der Waals surface area contributed by atoms with Crippen molar-refractivity contribution in [2.75, 3.05) is 56.9 Å². The van der Waals surface area contributed by atoms with Crippen LogP contribution in [0.4, 0.5) is 0 Å². The van der Waals surface area contributed by atoms with Crippen LogP contribution in [0.2, 0.25) is 0 Å². The minimum atomic E-state index is -0.955. The Balaban J connectivity index is 0.000000416. The lowest BCUT2D eigenvalue weighted by Gasteiger charge is -2.31. The highest BCUT2D eigenvalue weighted by Gasteiger charge is 2.35. The molecule has 0 aliphatic heterocycles. The summed E-state index contributed by atoms with van der Waals surface area (Å²) in [7, 11) is 0. The third-order valence-electron chi connectivity index (χ3n) is 23.6. The molecule has 24 heteroatoms. The van der Waals surface area contributed by atoms with E-state index in [1.807, 2.05) is 172 Å². The molecule has 10 aromatic carbocycles. The molecule has 6 atom stereocenters. The Bertz CT molecular complexity index is 5440. The number of aryl methyl sites for hydroxylation is 2. The molecule has 0 aliphatic rings. The number of ether oxygens (including phenoxy) is 6. The summed E-state index contributed by atoms with van der Waals surface area (Å²) >= 11 is 42.8. The van der Waals surface area contributed by atoms with Crippen LogP contribution in [0.15, 0.2) is 330 Å². The Kier molecular flexibility index (Phi) is 63.0. The van der Waals surface area contributed by atoms with Crippen LogP contribution in [-0.4, -0.2) is 118 Å². The topological polar surface area (TPSA) is 158 Å². The van der Waals surface area contributed by atoms with Crippen molar-refractivity contribution in [2.45, 2.75) is 191 Å². The minimum absolute atomic E-state index is 0.0160. The van der Waals surface area contributed by atoms with Crippen molar-refractivity contribution in [1.29, 1.82) is 0 Å². The zero-order valence-electron chi connectivity index (χ0n) is 84.5. The smallest absolute Gasteiger partial charge is 0.307 e. The maximum absolute atomic E-state index is 14.0. The van der Waals surface area contributed by atoms with Crippen molar-refractivity contribution < 1.29 is 57.2 Å². The summed E-state index contributed by atoms with van der Waals surface area (Å²) in [6.07, 6.45) is 22.0. The number of esters is 6. The Hall–Kier alpha value is -9.38. The number of thioether (sulfide) groups is 6. The summed E-state index contributed by atoms with van der Waals surface area (Å²) in [5.41, 5.74) is 13.0. The van der Waals surface area contributed by atoms with E-state index in [1.165, 1.54) is 79.8 Å². The first-order chi connectivity index (χ1) is 70.9. The lowest BCUT2D eigenvalue weighted by molar-refractivity contribution is -0.162. The average Bonchev–Trinajstić information content (AvgIpc) is 0.924. The van der Waals surface area contributed by atoms with Gasteiger partial charge in [0.25, 0.3) is 0 Å². The highest BCUT2D eigenvalue weighted by molar-refractivity contribution is 8.25. The van der Waals surface area contributed by atoms with Gasteiger partial charge in [-0.3, -0.25) is 28.8 Å². The fraction of sp³-hybridized carbons (Fsp3) is 0.344. The van der Waals surface area contributed by atoms with Gasteiger partial charge in [-0.25, -0.2) is 0 Å². The fourth-order valence-electron chi connectivity index (χ4n) is 14.9. The van der Waals surface area contributed by atoms with E-state index in [1.54, 1.807) is 35.3 Å². The third kappa shape index (κ3) is 52.2. The fourth-order valence-corrected chi connectivity index (χ4v) is 23.1. The standard InChI is InChI=1S/C78H88O6S6.C24H30O6S6.C12H14.C8H8/c1-5-7-31-60-48-50-61(51-49-60)68(54-71(64-36-18-10-19-37-64)90-77(87)67-42-24-13-25-43-67)44-28-47-74(81)84-57-78(6-2,55-82-72(79)45-26-29-58(3)52-69(62-32-14-8-15-33-62)88-75(85)65-38-20-11-21-39-65)56-83-73(80)46-27-30-59(4)53-70(63-34-16-9-17-35-63)89-76(86)66-40-22-12-23-41-66;1-2-3-12-28-19(25)9-13-34-22(31)16-29-20(26)10-14-35-23(32)17-30-21(27)11-15-36-24(33)18-7-5-4-6-8-18;1-3-5-6-12-9-7-11(4-2)8-10-12;1-2-8-6-4-3-5-7-8/h5,8-25,32-43,48-51,58-59,68-71H,1,6-7,26-31,44-47,52-57H2,2-4H3;4-8H,2-3,9-17H2,1H3;3-4,7-10H,1-2,5-6H2;2-7H,1H2. The summed E-state index contributed by atoms with van der Waals surface area (Å²) in [6, 6.07) is 99.0. The zero-order chi connectivity index (χ0) is 105. The lowest BCUT2D eigenvalue weighted by Crippen LogP contribution is -2.39. The number of allylic oxidation sites excluding steroid dienone is 2. The van der Waals surface area contributed by atoms with Gasteiger partial charge >= 0.3 is 35.8 Å². The Morgan fingerprint density at radius 3 is 0.979 bits per heavy atom. The monoisotopic (exact) mass is 2180 g/mol. The normalized spacial score (nSPS) is 12.4. The molecule has 772 valence electrons. The van der Waals surface area contributed by atoms with Crippen molar-refractivity contribution in [3.05, 3.63) is 396 Å². The Morgan fingerprint density at radius 2 is 0.637 bits per heavy atom. The van der Waals surface area contributed by atoms with Gasteiger partial charge in [-0.1, -0.05) is 449 Å². The van der Waals surface area contributed by atoms with E-state index < -0.39 is 11.4 Å². The molecule has 0 heterocycles. The molecule has 0 fully saturated rings. The van der Waals surface area contributed by atoms with Crippen LogP contribution in [0.5, 0.6) is 0 Å². The maximum Gasteiger partial charge on any atom is 0.307 e. The van der Waals surface area contributed by atoms with Crippen LogP contribution in [0.3, 0.4) is 0 Å². The van der Waals surface area contributed by atoms with Gasteiger partial charge in [0, 0.05) is 52.3 Å². The van der Waals surface area contributed by atoms with Crippen LogP contribution in [0.25, 0.3) is 12.2 Å². The second-order valence-corrected chi connectivity index (χ2v) is 46.5. The molecule has 6 unspecified atom stereocenters. The van der Waals surface area contributed by atoms with Crippen LogP contribution < -0.4 is 0 Å². The van der Waals surface area contributed by atoms with E-state index in [0.717, 1.165) is 116 Å². The van der Waals surface area contributed by atoms with Crippen LogP contribution in [-0.2, 0) is 70.0 Å². The molecule has 10 aromatic rings. The lowest BCUT2D eigenvalue weighted by atomic mass is 9.87. The van der Waals surface area contributed by atoms with E-state index in [2.05, 4.69) is 198 Å². The largest absolute Gasteiger partial charge is 0.466 e. The van der Waals surface area contributed by atoms with Crippen molar-refractivity contribution >= 4 is 217 Å². The molecular weight excluding hydrogens is 2040 g/mol. The molecule has 0 bridgehead atoms. The molecule has 0 aromatic heterocycles. The molecular formula is C122H140O12S12. The first kappa shape index (κ1) is 124. The van der Waals surface area contributed by atoms with Gasteiger partial charge in [0.15, 0.2) is 0 Å². The van der Waals surface area contributed by atoms with E-state index >= 15 is 0 Å². The highest BCUT2D eigenvalue weighted by Crippen LogP contribution is 2.44. The molecule has 0 spiro atoms. The van der Waals surface area contributed by atoms with Crippen LogP contribution >= 0.6 is 144 Å². The van der Waals surface area contributed by atoms with E-state index in [-0.39, 0.29) is 123 Å². The Labute approximate surface area is 926 Å². The average molecular weight is 2180 g/mol. The third-order valence-corrected chi connectivity index (χ3v) is 32.9. The molecule has 146 heavy (non-hydrogen) atoms. The molecule has 0 saturated heterocycles. The number of carbonyl (C=O) groups excluding carboxylic acids is 6. The highest BCUT2D eigenvalue weighted by atomic mass is 32.2. The van der Waals surface area contributed by atoms with Crippen LogP contribution in [0.1, 0.15) is 245 Å². The number of rotatable bonds is 60. The number of carbonyl (C=O) groups is 6. The number of benzene rings is 10. The summed E-state index contributed by atoms with van der Waals surface area (Å²) in [5, 5.41) is 0.389. The summed E-state index contributed by atoms with van der Waals surface area (Å²) < 4.78 is 38.0. The van der Waals surface area contributed by atoms with Crippen molar-refractivity contribution in [2.24, 2.45) is 17.3 Å². The van der Waals surface area contributed by atoms with E-state index in [4.69, 9.17) is 102 Å². The summed E-state index contributed by atoms with van der Waals surface area (Å²) in [4.78, 5) is 76.8. The minimum Gasteiger partial charge on any atom is -0.466 e. The molecule has 0 amide bonds. The van der Waals surface area contributed by atoms with Gasteiger partial charge in [0.05, 0.1) is 56.5 Å². The first-order valence-electron chi connectivity index (χ1n) is 50.0. The second kappa shape index (κ2) is 74.5. The number of hydrogen-bond donors (Lipinski definition) is 0. The second-order valence-electron chi connectivity index (χ2n) is 35.2. The van der Waals surface area contributed by atoms with Gasteiger partial charge in [-0.05, 0) is 168 Å². The Morgan fingerprint density at radius 1 is 0.329 bits per heavy atom. The van der Waals surface area contributed by atoms with E-state index in [0.29, 0.717) is 69.8 Å². The van der Waals surface area contributed by atoms with Crippen molar-refractivity contribution in [1.82, 2.24) is 0 Å². The quantitative estimate of drug-likeness (QED) is 0.0116. The van der Waals surface area contributed by atoms with E-state index in [9.17, 15) is 28.8 Å². The van der Waals surface area contributed by atoms with Gasteiger partial charge in [0.2, 0.25) is 0 Å². The van der Waals surface area contributed by atoms with Crippen molar-refractivity contribution in [3.63, 3.8) is 0 Å². The van der Waals surface area contributed by atoms with Gasteiger partial charge in [-0.2, -0.15) is 0 Å². The summed E-state index contributed by atoms with van der Waals surface area (Å²) in [5.74, 6) is 0.153. The molecule has 0 N–H and O–H groups in total. The molecule has 0 saturated carbocycles.